The zero-order valence-electron chi connectivity index (χ0n) is 33.1. The van der Waals surface area contributed by atoms with E-state index in [9.17, 15) is 0 Å². The summed E-state index contributed by atoms with van der Waals surface area (Å²) in [5, 5.41) is 7.76. The van der Waals surface area contributed by atoms with Gasteiger partial charge in [-0.2, -0.15) is 0 Å². The maximum Gasteiger partial charge on any atom is 0.137 e. The molecular formula is C54H42N4Si. The summed E-state index contributed by atoms with van der Waals surface area (Å²) in [6, 6.07) is 73.2. The third-order valence-corrected chi connectivity index (χ3v) is 15.9. The zero-order valence-corrected chi connectivity index (χ0v) is 34.1. The van der Waals surface area contributed by atoms with E-state index in [0.29, 0.717) is 6.67 Å². The smallest absolute Gasteiger partial charge is 0.137 e. The van der Waals surface area contributed by atoms with Gasteiger partial charge in [0.25, 0.3) is 0 Å². The second kappa shape index (κ2) is 14.0. The minimum absolute atomic E-state index is 0.675. The highest BCUT2D eigenvalue weighted by Crippen LogP contribution is 2.52. The number of pyridine rings is 1. The van der Waals surface area contributed by atoms with E-state index in [2.05, 4.69) is 222 Å². The molecular weight excluding hydrogens is 733 g/mol. The fourth-order valence-corrected chi connectivity index (χ4v) is 11.6. The third kappa shape index (κ3) is 5.77. The fourth-order valence-electron chi connectivity index (χ4n) is 9.29. The van der Waals surface area contributed by atoms with Gasteiger partial charge < -0.3 is 9.80 Å². The van der Waals surface area contributed by atoms with E-state index in [1.807, 2.05) is 12.3 Å². The lowest BCUT2D eigenvalue weighted by Gasteiger charge is -2.29. The summed E-state index contributed by atoms with van der Waals surface area (Å²) >= 11 is 0. The number of para-hydroxylation sites is 2. The molecule has 11 rings (SSSR count). The Bertz CT molecular complexity index is 3120. The average molecular weight is 775 g/mol. The maximum atomic E-state index is 4.80. The van der Waals surface area contributed by atoms with Gasteiger partial charge >= 0.3 is 0 Å². The van der Waals surface area contributed by atoms with Crippen LogP contribution in [0.2, 0.25) is 13.1 Å². The SMILES string of the molecule is C[Si](C)(c1cccc(N2CN(c3c(-c4ccccc4)cccc3-c3ccccc3)c3c2ccc2ccccc32)c1)c1ccc2c3ccccc3n(-c3ccccn3)c2c1. The van der Waals surface area contributed by atoms with Gasteiger partial charge in [0.2, 0.25) is 0 Å². The highest BCUT2D eigenvalue weighted by molar-refractivity contribution is 7.00. The van der Waals surface area contributed by atoms with Crippen molar-refractivity contribution in [1.29, 1.82) is 0 Å². The quantitative estimate of drug-likeness (QED) is 0.151. The topological polar surface area (TPSA) is 24.3 Å². The third-order valence-electron chi connectivity index (χ3n) is 12.4. The predicted molar refractivity (Wildman–Crippen MR) is 252 cm³/mol. The molecule has 0 fully saturated rings. The molecule has 4 nitrogen and oxygen atoms in total. The zero-order chi connectivity index (χ0) is 39.5. The van der Waals surface area contributed by atoms with Crippen LogP contribution >= 0.6 is 0 Å². The van der Waals surface area contributed by atoms with E-state index in [-0.39, 0.29) is 0 Å². The molecule has 8 aromatic carbocycles. The van der Waals surface area contributed by atoms with Crippen molar-refractivity contribution >= 4 is 73.8 Å². The maximum absolute atomic E-state index is 4.80. The summed E-state index contributed by atoms with van der Waals surface area (Å²) in [7, 11) is -2.22. The van der Waals surface area contributed by atoms with Crippen molar-refractivity contribution in [3.8, 4) is 28.1 Å². The van der Waals surface area contributed by atoms with Crippen molar-refractivity contribution in [2.24, 2.45) is 0 Å². The molecule has 0 spiro atoms. The first-order valence-corrected chi connectivity index (χ1v) is 23.4. The van der Waals surface area contributed by atoms with E-state index in [0.717, 1.165) is 5.82 Å². The average Bonchev–Trinajstić information content (AvgIpc) is 3.86. The van der Waals surface area contributed by atoms with Crippen molar-refractivity contribution in [3.63, 3.8) is 0 Å². The molecule has 0 saturated heterocycles. The van der Waals surface area contributed by atoms with Crippen LogP contribution in [0.1, 0.15) is 0 Å². The summed E-state index contributed by atoms with van der Waals surface area (Å²) in [5.41, 5.74) is 12.1. The minimum Gasteiger partial charge on any atom is -0.321 e. The number of nitrogens with zero attached hydrogens (tertiary/aromatic N) is 4. The normalized spacial score (nSPS) is 12.8. The van der Waals surface area contributed by atoms with Gasteiger partial charge in [0.1, 0.15) is 20.6 Å². The summed E-state index contributed by atoms with van der Waals surface area (Å²) in [6.07, 6.45) is 1.88. The first-order valence-electron chi connectivity index (χ1n) is 20.4. The molecule has 282 valence electrons. The van der Waals surface area contributed by atoms with Gasteiger partial charge in [-0.05, 0) is 59.0 Å². The monoisotopic (exact) mass is 774 g/mol. The van der Waals surface area contributed by atoms with Gasteiger partial charge in [0, 0.05) is 39.2 Å². The van der Waals surface area contributed by atoms with E-state index < -0.39 is 8.07 Å². The molecule has 1 aliphatic rings. The molecule has 5 heteroatoms. The molecule has 2 aromatic heterocycles. The van der Waals surface area contributed by atoms with Crippen LogP contribution in [0.15, 0.2) is 206 Å². The number of hydrogen-bond donors (Lipinski definition) is 0. The Labute approximate surface area is 345 Å². The predicted octanol–water partition coefficient (Wildman–Crippen LogP) is 12.7. The molecule has 0 bridgehead atoms. The van der Waals surface area contributed by atoms with Gasteiger partial charge in [-0.25, -0.2) is 4.98 Å². The van der Waals surface area contributed by atoms with Gasteiger partial charge in [-0.1, -0.05) is 181 Å². The summed E-state index contributed by atoms with van der Waals surface area (Å²) in [4.78, 5) is 9.90. The van der Waals surface area contributed by atoms with E-state index in [1.165, 1.54) is 88.0 Å². The fraction of sp³-hybridized carbons (Fsp3) is 0.0556. The molecule has 0 radical (unpaired) electrons. The Balaban J connectivity index is 1.06. The molecule has 0 amide bonds. The van der Waals surface area contributed by atoms with E-state index in [1.54, 1.807) is 0 Å². The van der Waals surface area contributed by atoms with Crippen LogP contribution in [0.3, 0.4) is 0 Å². The molecule has 1 aliphatic heterocycles. The lowest BCUT2D eigenvalue weighted by molar-refractivity contribution is 0.994. The Hall–Kier alpha value is -7.21. The van der Waals surface area contributed by atoms with Crippen molar-refractivity contribution < 1.29 is 0 Å². The number of aromatic nitrogens is 2. The standard InChI is InChI=1S/C54H42N4Si/c1-59(2,43-31-32-48-47-25-11-12-28-49(47)58(51(48)36-43)52-29-13-14-34-55-52)42-23-15-22-41(35-42)56-37-57(54-46-24-10-9-21-40(46)30-33-50(54)56)53-44(38-17-5-3-6-18-38)26-16-27-45(53)39-19-7-4-8-20-39/h3-36H,37H2,1-2H3. The number of hydrogen-bond acceptors (Lipinski definition) is 3. The number of benzene rings is 8. The lowest BCUT2D eigenvalue weighted by Crippen LogP contribution is -2.53. The molecule has 0 atom stereocenters. The van der Waals surface area contributed by atoms with Crippen LogP contribution in [0, 0.1) is 0 Å². The number of fused-ring (bicyclic) bond motifs is 6. The number of rotatable bonds is 7. The first kappa shape index (κ1) is 35.0. The molecule has 10 aromatic rings. The molecule has 0 unspecified atom stereocenters. The van der Waals surface area contributed by atoms with Gasteiger partial charge in [-0.3, -0.25) is 4.57 Å². The van der Waals surface area contributed by atoms with Crippen LogP contribution in [0.25, 0.3) is 60.6 Å². The van der Waals surface area contributed by atoms with Gasteiger partial charge in [-0.15, -0.1) is 0 Å². The Kier molecular flexibility index (Phi) is 8.31. The second-order valence-electron chi connectivity index (χ2n) is 16.0. The van der Waals surface area contributed by atoms with Crippen LogP contribution in [-0.4, -0.2) is 24.3 Å². The first-order chi connectivity index (χ1) is 29.0. The van der Waals surface area contributed by atoms with Crippen molar-refractivity contribution in [1.82, 2.24) is 9.55 Å². The largest absolute Gasteiger partial charge is 0.321 e. The highest BCUT2D eigenvalue weighted by atomic mass is 28.3. The Morgan fingerprint density at radius 2 is 1.10 bits per heavy atom. The second-order valence-corrected chi connectivity index (χ2v) is 20.4. The number of anilines is 4. The van der Waals surface area contributed by atoms with Gasteiger partial charge in [0.15, 0.2) is 0 Å². The van der Waals surface area contributed by atoms with Gasteiger partial charge in [0.05, 0.1) is 28.1 Å². The molecule has 0 N–H and O–H groups in total. The highest BCUT2D eigenvalue weighted by Gasteiger charge is 2.34. The summed E-state index contributed by atoms with van der Waals surface area (Å²) in [6.45, 7) is 5.65. The molecule has 0 aliphatic carbocycles. The van der Waals surface area contributed by atoms with Crippen molar-refractivity contribution in [3.05, 3.63) is 206 Å². The van der Waals surface area contributed by atoms with Crippen molar-refractivity contribution in [2.45, 2.75) is 13.1 Å². The summed E-state index contributed by atoms with van der Waals surface area (Å²) in [5.74, 6) is 0.936. The van der Waals surface area contributed by atoms with E-state index in [4.69, 9.17) is 4.98 Å². The van der Waals surface area contributed by atoms with E-state index >= 15 is 0 Å². The Morgan fingerprint density at radius 1 is 0.458 bits per heavy atom. The summed E-state index contributed by atoms with van der Waals surface area (Å²) < 4.78 is 2.33. The van der Waals surface area contributed by atoms with Crippen LogP contribution in [0.4, 0.5) is 22.7 Å². The van der Waals surface area contributed by atoms with Crippen molar-refractivity contribution in [2.75, 3.05) is 16.5 Å². The molecule has 0 saturated carbocycles. The van der Waals surface area contributed by atoms with Crippen LogP contribution in [-0.2, 0) is 0 Å². The minimum atomic E-state index is -2.22. The molecule has 59 heavy (non-hydrogen) atoms. The Morgan fingerprint density at radius 3 is 1.85 bits per heavy atom. The van der Waals surface area contributed by atoms with Crippen LogP contribution < -0.4 is 20.2 Å². The van der Waals surface area contributed by atoms with Crippen LogP contribution in [0.5, 0.6) is 0 Å². The lowest BCUT2D eigenvalue weighted by atomic mass is 9.94. The molecule has 3 heterocycles.